The quantitative estimate of drug-likeness (QED) is 0.791. The molecule has 4 N–H and O–H groups in total. The number of anilines is 2. The minimum atomic E-state index is -1.04. The first-order chi connectivity index (χ1) is 10.9. The fourth-order valence-electron chi connectivity index (χ4n) is 1.90. The van der Waals surface area contributed by atoms with E-state index in [0.717, 1.165) is 12.1 Å². The van der Waals surface area contributed by atoms with Gasteiger partial charge in [-0.3, -0.25) is 9.59 Å². The Balaban J connectivity index is 2.03. The van der Waals surface area contributed by atoms with Crippen LogP contribution >= 0.6 is 0 Å². The van der Waals surface area contributed by atoms with Crippen molar-refractivity contribution in [1.82, 2.24) is 0 Å². The average Bonchev–Trinajstić information content (AvgIpc) is 2.51. The van der Waals surface area contributed by atoms with Crippen molar-refractivity contribution in [2.24, 2.45) is 5.73 Å². The molecule has 2 rings (SSSR count). The number of amides is 2. The van der Waals surface area contributed by atoms with Crippen LogP contribution in [0.4, 0.5) is 20.2 Å². The number of rotatable bonds is 5. The van der Waals surface area contributed by atoms with Crippen LogP contribution in [-0.4, -0.2) is 17.9 Å². The molecular weight excluding hydrogens is 304 g/mol. The van der Waals surface area contributed by atoms with Crippen LogP contribution in [0.1, 0.15) is 17.3 Å². The van der Waals surface area contributed by atoms with Crippen LogP contribution in [0.5, 0.6) is 0 Å². The number of primary amides is 1. The lowest BCUT2D eigenvalue weighted by molar-refractivity contribution is -0.116. The molecule has 2 aromatic rings. The van der Waals surface area contributed by atoms with Gasteiger partial charge < -0.3 is 16.4 Å². The van der Waals surface area contributed by atoms with E-state index in [1.165, 1.54) is 12.1 Å². The first-order valence-corrected chi connectivity index (χ1v) is 6.79. The number of nitrogens with one attached hydrogen (secondary N) is 2. The summed E-state index contributed by atoms with van der Waals surface area (Å²) in [4.78, 5) is 23.2. The van der Waals surface area contributed by atoms with Crippen molar-refractivity contribution in [2.45, 2.75) is 13.0 Å². The molecule has 0 aromatic heterocycles. The number of carbonyl (C=O) groups excluding carboxylic acids is 2. The van der Waals surface area contributed by atoms with Crippen LogP contribution in [-0.2, 0) is 4.79 Å². The highest BCUT2D eigenvalue weighted by atomic mass is 19.2. The lowest BCUT2D eigenvalue weighted by atomic mass is 10.1. The summed E-state index contributed by atoms with van der Waals surface area (Å²) >= 11 is 0. The predicted molar refractivity (Wildman–Crippen MR) is 83.0 cm³/mol. The molecule has 0 aliphatic rings. The number of hydrogen-bond acceptors (Lipinski definition) is 3. The van der Waals surface area contributed by atoms with E-state index in [2.05, 4.69) is 10.6 Å². The zero-order valence-electron chi connectivity index (χ0n) is 12.3. The summed E-state index contributed by atoms with van der Waals surface area (Å²) in [7, 11) is 0. The van der Waals surface area contributed by atoms with Crippen molar-refractivity contribution < 1.29 is 18.4 Å². The van der Waals surface area contributed by atoms with Crippen molar-refractivity contribution in [1.29, 1.82) is 0 Å². The van der Waals surface area contributed by atoms with Gasteiger partial charge in [-0.05, 0) is 37.3 Å². The van der Waals surface area contributed by atoms with Gasteiger partial charge in [0.15, 0.2) is 11.6 Å². The van der Waals surface area contributed by atoms with Crippen LogP contribution in [0.2, 0.25) is 0 Å². The lowest BCUT2D eigenvalue weighted by Gasteiger charge is -2.15. The third kappa shape index (κ3) is 4.26. The van der Waals surface area contributed by atoms with Crippen molar-refractivity contribution >= 4 is 23.2 Å². The highest BCUT2D eigenvalue weighted by Gasteiger charge is 2.14. The van der Waals surface area contributed by atoms with Crippen LogP contribution in [0.15, 0.2) is 42.5 Å². The first-order valence-electron chi connectivity index (χ1n) is 6.79. The molecule has 0 spiro atoms. The molecule has 0 radical (unpaired) electrons. The normalized spacial score (nSPS) is 11.6. The second kappa shape index (κ2) is 6.87. The second-order valence-electron chi connectivity index (χ2n) is 4.93. The Morgan fingerprint density at radius 1 is 1.04 bits per heavy atom. The van der Waals surface area contributed by atoms with Gasteiger partial charge in [-0.15, -0.1) is 0 Å². The number of hydrogen-bond donors (Lipinski definition) is 3. The Morgan fingerprint density at radius 2 is 1.78 bits per heavy atom. The van der Waals surface area contributed by atoms with E-state index in [1.807, 2.05) is 0 Å². The molecule has 1 unspecified atom stereocenters. The Hall–Kier alpha value is -2.96. The van der Waals surface area contributed by atoms with Gasteiger partial charge >= 0.3 is 0 Å². The smallest absolute Gasteiger partial charge is 0.248 e. The topological polar surface area (TPSA) is 84.2 Å². The molecule has 1 atom stereocenters. The zero-order valence-corrected chi connectivity index (χ0v) is 12.3. The van der Waals surface area contributed by atoms with Gasteiger partial charge in [0.1, 0.15) is 6.04 Å². The van der Waals surface area contributed by atoms with Crippen molar-refractivity contribution in [2.75, 3.05) is 10.6 Å². The molecule has 0 saturated carbocycles. The summed E-state index contributed by atoms with van der Waals surface area (Å²) in [6.45, 7) is 1.59. The van der Waals surface area contributed by atoms with E-state index in [4.69, 9.17) is 5.73 Å². The lowest BCUT2D eigenvalue weighted by Crippen LogP contribution is -2.32. The Bertz CT molecular complexity index is 750. The van der Waals surface area contributed by atoms with Crippen molar-refractivity contribution in [3.8, 4) is 0 Å². The van der Waals surface area contributed by atoms with Gasteiger partial charge in [0.25, 0.3) is 0 Å². The highest BCUT2D eigenvalue weighted by molar-refractivity contribution is 5.97. The minimum Gasteiger partial charge on any atom is -0.374 e. The molecule has 0 aliphatic carbocycles. The van der Waals surface area contributed by atoms with E-state index < -0.39 is 29.5 Å². The summed E-state index contributed by atoms with van der Waals surface area (Å²) in [6.07, 6.45) is 0. The molecule has 2 aromatic carbocycles. The molecule has 120 valence electrons. The van der Waals surface area contributed by atoms with Gasteiger partial charge in [-0.25, -0.2) is 8.78 Å². The fourth-order valence-corrected chi connectivity index (χ4v) is 1.90. The molecule has 0 fully saturated rings. The summed E-state index contributed by atoms with van der Waals surface area (Å²) < 4.78 is 26.0. The van der Waals surface area contributed by atoms with Crippen LogP contribution < -0.4 is 16.4 Å². The predicted octanol–water partition coefficient (Wildman–Crippen LogP) is 2.50. The maximum Gasteiger partial charge on any atom is 0.248 e. The van der Waals surface area contributed by atoms with Crippen LogP contribution in [0.3, 0.4) is 0 Å². The van der Waals surface area contributed by atoms with Crippen molar-refractivity contribution in [3.63, 3.8) is 0 Å². The second-order valence-corrected chi connectivity index (χ2v) is 4.93. The molecule has 0 saturated heterocycles. The maximum atomic E-state index is 13.1. The Kier molecular flexibility index (Phi) is 4.90. The summed E-state index contributed by atoms with van der Waals surface area (Å²) in [6, 6.07) is 8.79. The molecule has 5 nitrogen and oxygen atoms in total. The third-order valence-electron chi connectivity index (χ3n) is 3.11. The standard InChI is InChI=1S/C16H15F2N3O2/c1-9(20-11-4-2-3-10(7-11)15(19)22)16(23)21-12-5-6-13(17)14(18)8-12/h2-9,20H,1H3,(H2,19,22)(H,21,23). The molecule has 23 heavy (non-hydrogen) atoms. The molecular formula is C16H15F2N3O2. The van der Waals surface area contributed by atoms with E-state index >= 15 is 0 Å². The Labute approximate surface area is 131 Å². The monoisotopic (exact) mass is 319 g/mol. The number of benzene rings is 2. The summed E-state index contributed by atoms with van der Waals surface area (Å²) in [5, 5.41) is 5.36. The van der Waals surface area contributed by atoms with Gasteiger partial charge in [-0.1, -0.05) is 6.07 Å². The maximum absolute atomic E-state index is 13.1. The zero-order chi connectivity index (χ0) is 17.0. The number of carbonyl (C=O) groups is 2. The third-order valence-corrected chi connectivity index (χ3v) is 3.11. The van der Waals surface area contributed by atoms with Crippen molar-refractivity contribution in [3.05, 3.63) is 59.7 Å². The van der Waals surface area contributed by atoms with E-state index in [1.54, 1.807) is 25.1 Å². The number of nitrogens with two attached hydrogens (primary N) is 1. The largest absolute Gasteiger partial charge is 0.374 e. The van der Waals surface area contributed by atoms with Gasteiger partial charge in [0, 0.05) is 23.0 Å². The van der Waals surface area contributed by atoms with E-state index in [9.17, 15) is 18.4 Å². The molecule has 0 bridgehead atoms. The van der Waals surface area contributed by atoms with E-state index in [0.29, 0.717) is 11.3 Å². The van der Waals surface area contributed by atoms with Crippen LogP contribution in [0, 0.1) is 11.6 Å². The summed E-state index contributed by atoms with van der Waals surface area (Å²) in [5.41, 5.74) is 6.18. The molecule has 0 aliphatic heterocycles. The van der Waals surface area contributed by atoms with Crippen LogP contribution in [0.25, 0.3) is 0 Å². The summed E-state index contributed by atoms with van der Waals surface area (Å²) in [5.74, 6) is -3.05. The number of halogens is 2. The Morgan fingerprint density at radius 3 is 2.43 bits per heavy atom. The van der Waals surface area contributed by atoms with Gasteiger partial charge in [0.05, 0.1) is 0 Å². The first kappa shape index (κ1) is 16.4. The molecule has 2 amide bonds. The average molecular weight is 319 g/mol. The highest BCUT2D eigenvalue weighted by Crippen LogP contribution is 2.15. The van der Waals surface area contributed by atoms with Gasteiger partial charge in [0.2, 0.25) is 11.8 Å². The van der Waals surface area contributed by atoms with E-state index in [-0.39, 0.29) is 5.69 Å². The molecule has 0 heterocycles. The molecule has 7 heteroatoms. The van der Waals surface area contributed by atoms with Gasteiger partial charge in [-0.2, -0.15) is 0 Å². The SMILES string of the molecule is CC(Nc1cccc(C(N)=O)c1)C(=O)Nc1ccc(F)c(F)c1. The fraction of sp³-hybridized carbons (Fsp3) is 0.125. The minimum absolute atomic E-state index is 0.147.